The summed E-state index contributed by atoms with van der Waals surface area (Å²) in [5, 5.41) is 0.552. The molecule has 0 spiro atoms. The van der Waals surface area contributed by atoms with Crippen LogP contribution in [0.4, 0.5) is 0 Å². The Labute approximate surface area is 207 Å². The molecule has 4 rings (SSSR count). The van der Waals surface area contributed by atoms with E-state index in [0.29, 0.717) is 22.3 Å². The normalized spacial score (nSPS) is 12.5. The van der Waals surface area contributed by atoms with Gasteiger partial charge in [0.25, 0.3) is 11.5 Å². The van der Waals surface area contributed by atoms with Crippen molar-refractivity contribution in [2.75, 3.05) is 7.05 Å². The molecular weight excluding hydrogens is 434 g/mol. The molecule has 0 N–H and O–H groups in total. The smallest absolute Gasteiger partial charge is 0.266 e. The van der Waals surface area contributed by atoms with Crippen LogP contribution in [0.2, 0.25) is 0 Å². The van der Waals surface area contributed by atoms with Crippen LogP contribution in [0.5, 0.6) is 0 Å². The molecule has 0 radical (unpaired) electrons. The largest absolute Gasteiger partial charge is 0.332 e. The Morgan fingerprint density at radius 1 is 0.971 bits per heavy atom. The summed E-state index contributed by atoms with van der Waals surface area (Å²) in [5.41, 5.74) is 5.07. The van der Waals surface area contributed by atoms with Crippen LogP contribution in [-0.2, 0) is 5.41 Å². The number of carbonyl (C=O) groups is 1. The lowest BCUT2D eigenvalue weighted by molar-refractivity contribution is 0.0735. The maximum atomic E-state index is 13.7. The standard InChI is InChI=1S/C30H33N3O2/c1-19-12-13-20(2)26(18-19)33-27(31-25-11-9-8-10-24(25)29(33)35)21(3)32(7)28(34)22-14-16-23(17-15-22)30(4,5)6/h8-18,21H,1-7H3. The minimum absolute atomic E-state index is 0.0114. The van der Waals surface area contributed by atoms with E-state index in [0.717, 1.165) is 16.8 Å². The van der Waals surface area contributed by atoms with E-state index in [-0.39, 0.29) is 16.9 Å². The Morgan fingerprint density at radius 2 is 1.63 bits per heavy atom. The molecule has 0 aliphatic heterocycles. The summed E-state index contributed by atoms with van der Waals surface area (Å²) in [6, 6.07) is 20.7. The van der Waals surface area contributed by atoms with Gasteiger partial charge in [-0.25, -0.2) is 4.98 Å². The van der Waals surface area contributed by atoms with Crippen LogP contribution in [0.25, 0.3) is 16.6 Å². The molecule has 0 saturated carbocycles. The molecule has 1 unspecified atom stereocenters. The van der Waals surface area contributed by atoms with Crippen LogP contribution in [0.3, 0.4) is 0 Å². The molecular formula is C30H33N3O2. The number of benzene rings is 3. The minimum Gasteiger partial charge on any atom is -0.332 e. The van der Waals surface area contributed by atoms with Crippen LogP contribution < -0.4 is 5.56 Å². The third kappa shape index (κ3) is 4.63. The first-order valence-corrected chi connectivity index (χ1v) is 12.0. The molecule has 0 aliphatic rings. The molecule has 180 valence electrons. The molecule has 0 aliphatic carbocycles. The van der Waals surface area contributed by atoms with E-state index in [9.17, 15) is 9.59 Å². The lowest BCUT2D eigenvalue weighted by Gasteiger charge is -2.28. The van der Waals surface area contributed by atoms with E-state index in [1.807, 2.05) is 81.4 Å². The second kappa shape index (κ2) is 9.14. The van der Waals surface area contributed by atoms with E-state index >= 15 is 0 Å². The summed E-state index contributed by atoms with van der Waals surface area (Å²) in [4.78, 5) is 33.7. The Hall–Kier alpha value is -3.73. The summed E-state index contributed by atoms with van der Waals surface area (Å²) in [5.74, 6) is 0.414. The fourth-order valence-electron chi connectivity index (χ4n) is 4.29. The van der Waals surface area contributed by atoms with Crippen molar-refractivity contribution in [2.45, 2.75) is 53.0 Å². The van der Waals surface area contributed by atoms with E-state index in [4.69, 9.17) is 4.98 Å². The van der Waals surface area contributed by atoms with Gasteiger partial charge < -0.3 is 4.90 Å². The van der Waals surface area contributed by atoms with Gasteiger partial charge in [-0.05, 0) is 73.2 Å². The van der Waals surface area contributed by atoms with Gasteiger partial charge in [-0.3, -0.25) is 14.2 Å². The number of aromatic nitrogens is 2. The first kappa shape index (κ1) is 24.4. The monoisotopic (exact) mass is 467 g/mol. The van der Waals surface area contributed by atoms with Crippen LogP contribution >= 0.6 is 0 Å². The van der Waals surface area contributed by atoms with Crippen molar-refractivity contribution < 1.29 is 4.79 Å². The number of nitrogens with zero attached hydrogens (tertiary/aromatic N) is 3. The van der Waals surface area contributed by atoms with Gasteiger partial charge in [-0.1, -0.05) is 57.2 Å². The first-order valence-electron chi connectivity index (χ1n) is 12.0. The molecule has 0 fully saturated rings. The second-order valence-corrected chi connectivity index (χ2v) is 10.3. The van der Waals surface area contributed by atoms with Crippen LogP contribution in [-0.4, -0.2) is 27.4 Å². The van der Waals surface area contributed by atoms with Crippen molar-refractivity contribution in [2.24, 2.45) is 0 Å². The van der Waals surface area contributed by atoms with Crippen molar-refractivity contribution in [3.8, 4) is 5.69 Å². The number of hydrogen-bond donors (Lipinski definition) is 0. The molecule has 35 heavy (non-hydrogen) atoms. The van der Waals surface area contributed by atoms with E-state index < -0.39 is 6.04 Å². The Balaban J connectivity index is 1.83. The summed E-state index contributed by atoms with van der Waals surface area (Å²) in [7, 11) is 1.76. The Bertz CT molecular complexity index is 1460. The molecule has 4 aromatic rings. The Morgan fingerprint density at radius 3 is 2.29 bits per heavy atom. The average molecular weight is 468 g/mol. The van der Waals surface area contributed by atoms with Crippen LogP contribution in [0.1, 0.15) is 66.6 Å². The second-order valence-electron chi connectivity index (χ2n) is 10.3. The summed E-state index contributed by atoms with van der Waals surface area (Å²) in [6.07, 6.45) is 0. The summed E-state index contributed by atoms with van der Waals surface area (Å²) >= 11 is 0. The quantitative estimate of drug-likeness (QED) is 0.363. The fraction of sp³-hybridized carbons (Fsp3) is 0.300. The van der Waals surface area contributed by atoms with Crippen LogP contribution in [0, 0.1) is 13.8 Å². The summed E-state index contributed by atoms with van der Waals surface area (Å²) < 4.78 is 1.67. The number of amides is 1. The van der Waals surface area contributed by atoms with E-state index in [1.54, 1.807) is 22.6 Å². The van der Waals surface area contributed by atoms with Crippen molar-refractivity contribution in [1.29, 1.82) is 0 Å². The molecule has 0 bridgehead atoms. The van der Waals surface area contributed by atoms with Gasteiger partial charge in [0.1, 0.15) is 5.82 Å². The maximum absolute atomic E-state index is 13.7. The van der Waals surface area contributed by atoms with Gasteiger partial charge in [-0.2, -0.15) is 0 Å². The zero-order valence-corrected chi connectivity index (χ0v) is 21.6. The van der Waals surface area contributed by atoms with E-state index in [1.165, 1.54) is 5.56 Å². The molecule has 1 aromatic heterocycles. The molecule has 0 saturated heterocycles. The number of fused-ring (bicyclic) bond motifs is 1. The molecule has 1 atom stereocenters. The number of aryl methyl sites for hydroxylation is 2. The van der Waals surface area contributed by atoms with Crippen molar-refractivity contribution >= 4 is 16.8 Å². The summed E-state index contributed by atoms with van der Waals surface area (Å²) in [6.45, 7) is 12.3. The zero-order chi connectivity index (χ0) is 25.5. The predicted octanol–water partition coefficient (Wildman–Crippen LogP) is 6.13. The number of rotatable bonds is 4. The van der Waals surface area contributed by atoms with E-state index in [2.05, 4.69) is 20.8 Å². The van der Waals surface area contributed by atoms with Gasteiger partial charge in [0, 0.05) is 12.6 Å². The number of hydrogen-bond acceptors (Lipinski definition) is 3. The highest BCUT2D eigenvalue weighted by Gasteiger charge is 2.26. The minimum atomic E-state index is -0.443. The highest BCUT2D eigenvalue weighted by atomic mass is 16.2. The zero-order valence-electron chi connectivity index (χ0n) is 21.6. The number of carbonyl (C=O) groups excluding carboxylic acids is 1. The lowest BCUT2D eigenvalue weighted by Crippen LogP contribution is -2.35. The third-order valence-corrected chi connectivity index (χ3v) is 6.68. The first-order chi connectivity index (χ1) is 16.5. The number of para-hydroxylation sites is 1. The molecule has 1 amide bonds. The average Bonchev–Trinajstić information content (AvgIpc) is 2.84. The third-order valence-electron chi connectivity index (χ3n) is 6.68. The van der Waals surface area contributed by atoms with Gasteiger partial charge >= 0.3 is 0 Å². The topological polar surface area (TPSA) is 55.2 Å². The van der Waals surface area contributed by atoms with Crippen molar-refractivity contribution in [1.82, 2.24) is 14.5 Å². The van der Waals surface area contributed by atoms with Crippen LogP contribution in [0.15, 0.2) is 71.5 Å². The van der Waals surface area contributed by atoms with Crippen molar-refractivity contribution in [3.63, 3.8) is 0 Å². The van der Waals surface area contributed by atoms with Crippen molar-refractivity contribution in [3.05, 3.63) is 105 Å². The molecule has 1 heterocycles. The highest BCUT2D eigenvalue weighted by Crippen LogP contribution is 2.26. The molecule has 3 aromatic carbocycles. The lowest BCUT2D eigenvalue weighted by atomic mass is 9.86. The van der Waals surface area contributed by atoms with Gasteiger partial charge in [-0.15, -0.1) is 0 Å². The van der Waals surface area contributed by atoms with Gasteiger partial charge in [0.15, 0.2) is 0 Å². The molecule has 5 nitrogen and oxygen atoms in total. The SMILES string of the molecule is Cc1ccc(C)c(-n2c(C(C)N(C)C(=O)c3ccc(C(C)(C)C)cc3)nc3ccccc3c2=O)c1. The Kier molecular flexibility index (Phi) is 6.37. The van der Waals surface area contributed by atoms with Gasteiger partial charge in [0.2, 0.25) is 0 Å². The predicted molar refractivity (Wildman–Crippen MR) is 142 cm³/mol. The maximum Gasteiger partial charge on any atom is 0.266 e. The molecule has 5 heteroatoms. The fourth-order valence-corrected chi connectivity index (χ4v) is 4.29. The highest BCUT2D eigenvalue weighted by molar-refractivity contribution is 5.94. The van der Waals surface area contributed by atoms with Gasteiger partial charge in [0.05, 0.1) is 22.6 Å².